The van der Waals surface area contributed by atoms with E-state index in [0.717, 1.165) is 21.9 Å². The van der Waals surface area contributed by atoms with Crippen molar-refractivity contribution in [2.24, 2.45) is 5.92 Å². The second-order valence-electron chi connectivity index (χ2n) is 5.37. The Morgan fingerprint density at radius 3 is 2.56 bits per heavy atom. The highest BCUT2D eigenvalue weighted by molar-refractivity contribution is 9.10. The van der Waals surface area contributed by atoms with Gasteiger partial charge >= 0.3 is 0 Å². The average Bonchev–Trinajstić information content (AvgIpc) is 2.37. The Kier molecular flexibility index (Phi) is 4.96. The van der Waals surface area contributed by atoms with Crippen molar-refractivity contribution < 1.29 is 0 Å². The van der Waals surface area contributed by atoms with E-state index in [9.17, 15) is 0 Å². The first kappa shape index (κ1) is 14.2. The molecule has 1 aromatic rings. The lowest BCUT2D eigenvalue weighted by Gasteiger charge is -2.27. The normalized spacial score (nSPS) is 24.2. The molecule has 0 radical (unpaired) electrons. The van der Waals surface area contributed by atoms with Gasteiger partial charge in [-0.2, -0.15) is 0 Å². The predicted octanol–water partition coefficient (Wildman–Crippen LogP) is 5.28. The molecule has 2 nitrogen and oxygen atoms in total. The first-order chi connectivity index (χ1) is 8.61. The fraction of sp³-hybridized carbons (Fsp3) is 0.714. The minimum atomic E-state index is 0.576. The Labute approximate surface area is 123 Å². The number of hydrogen-bond donors (Lipinski definition) is 1. The van der Waals surface area contributed by atoms with Gasteiger partial charge in [0, 0.05) is 11.6 Å². The Hall–Kier alpha value is -0.220. The van der Waals surface area contributed by atoms with Gasteiger partial charge in [0.2, 0.25) is 0 Å². The molecule has 2 rings (SSSR count). The van der Waals surface area contributed by atoms with Crippen LogP contribution in [0.4, 0.5) is 0 Å². The van der Waals surface area contributed by atoms with Crippen LogP contribution in [-0.4, -0.2) is 9.97 Å². The molecular formula is C14H21BrN2S. The molecule has 1 aromatic heterocycles. The van der Waals surface area contributed by atoms with Crippen LogP contribution in [0.15, 0.2) is 4.47 Å². The van der Waals surface area contributed by atoms with E-state index in [1.165, 1.54) is 38.5 Å². The maximum Gasteiger partial charge on any atom is 0.144 e. The Morgan fingerprint density at radius 2 is 2.00 bits per heavy atom. The van der Waals surface area contributed by atoms with Crippen molar-refractivity contribution in [2.45, 2.75) is 58.3 Å². The van der Waals surface area contributed by atoms with Gasteiger partial charge in [0.15, 0.2) is 0 Å². The van der Waals surface area contributed by atoms with Crippen LogP contribution >= 0.6 is 28.1 Å². The number of hydrogen-bond acceptors (Lipinski definition) is 2. The van der Waals surface area contributed by atoms with Crippen LogP contribution in [0.25, 0.3) is 0 Å². The molecule has 4 heteroatoms. The van der Waals surface area contributed by atoms with Crippen molar-refractivity contribution in [1.82, 2.24) is 9.97 Å². The molecule has 1 heterocycles. The van der Waals surface area contributed by atoms with Crippen molar-refractivity contribution in [3.8, 4) is 0 Å². The molecule has 1 aliphatic rings. The number of aromatic nitrogens is 2. The fourth-order valence-corrected chi connectivity index (χ4v) is 3.36. The van der Waals surface area contributed by atoms with Gasteiger partial charge in [-0.05, 0) is 54.5 Å². The van der Waals surface area contributed by atoms with Crippen LogP contribution in [-0.2, 0) is 0 Å². The summed E-state index contributed by atoms with van der Waals surface area (Å²) in [6.45, 7) is 4.33. The third kappa shape index (κ3) is 3.21. The standard InChI is InChI=1S/C14H21BrN2S/c1-3-4-10-5-7-11(8-6-10)13-16-9(2)12(15)14(18)17-13/h10-11H,3-8H2,1-2H3,(H,16,17,18). The van der Waals surface area contributed by atoms with Crippen molar-refractivity contribution in [3.63, 3.8) is 0 Å². The predicted molar refractivity (Wildman–Crippen MR) is 81.5 cm³/mol. The van der Waals surface area contributed by atoms with Crippen molar-refractivity contribution in [1.29, 1.82) is 0 Å². The molecule has 0 aromatic carbocycles. The molecular weight excluding hydrogens is 308 g/mol. The van der Waals surface area contributed by atoms with E-state index >= 15 is 0 Å². The van der Waals surface area contributed by atoms with E-state index in [1.807, 2.05) is 6.92 Å². The van der Waals surface area contributed by atoms with Gasteiger partial charge in [0.1, 0.15) is 10.5 Å². The number of halogens is 1. The summed E-state index contributed by atoms with van der Waals surface area (Å²) < 4.78 is 1.62. The molecule has 1 saturated carbocycles. The highest BCUT2D eigenvalue weighted by Gasteiger charge is 2.23. The summed E-state index contributed by atoms with van der Waals surface area (Å²) in [7, 11) is 0. The summed E-state index contributed by atoms with van der Waals surface area (Å²) in [5.74, 6) is 2.60. The molecule has 18 heavy (non-hydrogen) atoms. The lowest BCUT2D eigenvalue weighted by atomic mass is 9.80. The van der Waals surface area contributed by atoms with Gasteiger partial charge < -0.3 is 4.98 Å². The zero-order valence-electron chi connectivity index (χ0n) is 11.1. The molecule has 0 bridgehead atoms. The van der Waals surface area contributed by atoms with E-state index in [-0.39, 0.29) is 0 Å². The lowest BCUT2D eigenvalue weighted by molar-refractivity contribution is 0.302. The van der Waals surface area contributed by atoms with Gasteiger partial charge in [0.05, 0.1) is 4.47 Å². The van der Waals surface area contributed by atoms with E-state index in [2.05, 4.69) is 32.8 Å². The third-order valence-corrected chi connectivity index (χ3v) is 5.51. The number of aryl methyl sites for hydroxylation is 1. The summed E-state index contributed by atoms with van der Waals surface area (Å²) in [5, 5.41) is 0. The van der Waals surface area contributed by atoms with Crippen molar-refractivity contribution >= 4 is 28.1 Å². The summed E-state index contributed by atoms with van der Waals surface area (Å²) in [4.78, 5) is 7.95. The highest BCUT2D eigenvalue weighted by Crippen LogP contribution is 2.36. The molecule has 0 unspecified atom stereocenters. The van der Waals surface area contributed by atoms with Crippen molar-refractivity contribution in [2.75, 3.05) is 0 Å². The van der Waals surface area contributed by atoms with Crippen LogP contribution in [0.1, 0.15) is 62.9 Å². The summed E-state index contributed by atoms with van der Waals surface area (Å²) in [6, 6.07) is 0. The average molecular weight is 329 g/mol. The van der Waals surface area contributed by atoms with Crippen LogP contribution < -0.4 is 0 Å². The molecule has 0 spiro atoms. The van der Waals surface area contributed by atoms with Crippen LogP contribution in [0, 0.1) is 17.5 Å². The quantitative estimate of drug-likeness (QED) is 0.764. The monoisotopic (exact) mass is 328 g/mol. The minimum absolute atomic E-state index is 0.576. The molecule has 0 amide bonds. The van der Waals surface area contributed by atoms with Gasteiger partial charge in [-0.25, -0.2) is 4.98 Å². The number of nitrogens with one attached hydrogen (secondary N) is 1. The number of aromatic amines is 1. The lowest BCUT2D eigenvalue weighted by Crippen LogP contribution is -2.15. The van der Waals surface area contributed by atoms with Gasteiger partial charge in [-0.3, -0.25) is 0 Å². The second kappa shape index (κ2) is 6.29. The number of nitrogens with zero attached hydrogens (tertiary/aromatic N) is 1. The van der Waals surface area contributed by atoms with Crippen LogP contribution in [0.5, 0.6) is 0 Å². The van der Waals surface area contributed by atoms with E-state index in [4.69, 9.17) is 12.2 Å². The minimum Gasteiger partial charge on any atom is -0.346 e. The summed E-state index contributed by atoms with van der Waals surface area (Å²) in [6.07, 6.45) is 7.89. The summed E-state index contributed by atoms with van der Waals surface area (Å²) in [5.41, 5.74) is 1.10. The SMILES string of the molecule is CCCC1CCC(c2nc(=S)c(Br)c(C)[nH]2)CC1. The van der Waals surface area contributed by atoms with Gasteiger partial charge in [0.25, 0.3) is 0 Å². The van der Waals surface area contributed by atoms with Crippen molar-refractivity contribution in [3.05, 3.63) is 20.6 Å². The zero-order chi connectivity index (χ0) is 13.1. The van der Waals surface area contributed by atoms with E-state index in [1.54, 1.807) is 0 Å². The number of H-pyrrole nitrogens is 1. The molecule has 0 atom stereocenters. The van der Waals surface area contributed by atoms with E-state index in [0.29, 0.717) is 10.6 Å². The Morgan fingerprint density at radius 1 is 1.33 bits per heavy atom. The zero-order valence-corrected chi connectivity index (χ0v) is 13.5. The highest BCUT2D eigenvalue weighted by atomic mass is 79.9. The second-order valence-corrected chi connectivity index (χ2v) is 6.55. The topological polar surface area (TPSA) is 28.7 Å². The number of rotatable bonds is 3. The Bertz CT molecular complexity index is 461. The maximum atomic E-state index is 5.28. The largest absolute Gasteiger partial charge is 0.346 e. The maximum absolute atomic E-state index is 5.28. The smallest absolute Gasteiger partial charge is 0.144 e. The molecule has 0 aliphatic heterocycles. The third-order valence-electron chi connectivity index (χ3n) is 3.98. The first-order valence-corrected chi connectivity index (χ1v) is 8.08. The van der Waals surface area contributed by atoms with Gasteiger partial charge in [-0.15, -0.1) is 0 Å². The van der Waals surface area contributed by atoms with Crippen LogP contribution in [0.2, 0.25) is 0 Å². The molecule has 100 valence electrons. The molecule has 0 saturated heterocycles. The van der Waals surface area contributed by atoms with Crippen LogP contribution in [0.3, 0.4) is 0 Å². The summed E-state index contributed by atoms with van der Waals surface area (Å²) >= 11 is 8.75. The Balaban J connectivity index is 2.08. The molecule has 1 fully saturated rings. The van der Waals surface area contributed by atoms with E-state index < -0.39 is 0 Å². The molecule has 1 aliphatic carbocycles. The van der Waals surface area contributed by atoms with Gasteiger partial charge in [-0.1, -0.05) is 32.0 Å². The first-order valence-electron chi connectivity index (χ1n) is 6.88. The molecule has 1 N–H and O–H groups in total. The fourth-order valence-electron chi connectivity index (χ4n) is 2.92.